The summed E-state index contributed by atoms with van der Waals surface area (Å²) in [6.07, 6.45) is 1.59. The zero-order valence-corrected chi connectivity index (χ0v) is 22.7. The molecule has 0 radical (unpaired) electrons. The molecule has 1 heterocycles. The number of hydrogen-bond donors (Lipinski definition) is 0. The number of benzene rings is 3. The third-order valence-corrected chi connectivity index (χ3v) is 5.95. The van der Waals surface area contributed by atoms with Crippen LogP contribution in [0.1, 0.15) is 19.4 Å². The molecule has 180 valence electrons. The molecule has 36 heavy (non-hydrogen) atoms. The van der Waals surface area contributed by atoms with Crippen LogP contribution in [0.15, 0.2) is 94.4 Å². The molecule has 0 aliphatic carbocycles. The fourth-order valence-corrected chi connectivity index (χ4v) is 3.55. The lowest BCUT2D eigenvalue weighted by Gasteiger charge is -2.18. The molecule has 4 aromatic rings. The molecule has 0 amide bonds. The highest BCUT2D eigenvalue weighted by Crippen LogP contribution is 2.29. The van der Waals surface area contributed by atoms with Gasteiger partial charge in [0.2, 0.25) is 0 Å². The van der Waals surface area contributed by atoms with E-state index < -0.39 is 0 Å². The molecule has 0 aliphatic heterocycles. The van der Waals surface area contributed by atoms with E-state index >= 15 is 0 Å². The first-order valence-corrected chi connectivity index (χ1v) is 12.4. The molecule has 0 unspecified atom stereocenters. The number of aromatic nitrogens is 3. The van der Waals surface area contributed by atoms with E-state index in [2.05, 4.69) is 65.2 Å². The molecule has 4 rings (SSSR count). The fraction of sp³-hybridized carbons (Fsp3) is 0.107. The Bertz CT molecular complexity index is 1340. The zero-order valence-electron chi connectivity index (χ0n) is 19.5. The van der Waals surface area contributed by atoms with Crippen LogP contribution in [0.5, 0.6) is 35.3 Å². The smallest absolute Gasteiger partial charge is 0.331 e. The molecule has 0 fully saturated rings. The second-order valence-corrected chi connectivity index (χ2v) is 9.85. The number of rotatable bonds is 7. The van der Waals surface area contributed by atoms with E-state index in [1.54, 1.807) is 30.3 Å². The number of nitrogens with zero attached hydrogens (tertiary/aromatic N) is 3. The highest BCUT2D eigenvalue weighted by atomic mass is 79.9. The van der Waals surface area contributed by atoms with Crippen molar-refractivity contribution in [1.82, 2.24) is 15.0 Å². The Balaban J connectivity index is 1.61. The highest BCUT2D eigenvalue weighted by Gasteiger charge is 2.18. The number of allylic oxidation sites excluding steroid dienone is 1. The van der Waals surface area contributed by atoms with Crippen molar-refractivity contribution < 1.29 is 14.2 Å². The minimum Gasteiger partial charge on any atom is -0.424 e. The van der Waals surface area contributed by atoms with E-state index in [4.69, 9.17) is 14.2 Å². The van der Waals surface area contributed by atoms with Crippen LogP contribution in [0.4, 0.5) is 0 Å². The van der Waals surface area contributed by atoms with Gasteiger partial charge in [0, 0.05) is 8.95 Å². The summed E-state index contributed by atoms with van der Waals surface area (Å²) in [6.45, 7) is 7.74. The Morgan fingerprint density at radius 1 is 0.667 bits per heavy atom. The normalized spacial score (nSPS) is 10.7. The van der Waals surface area contributed by atoms with Crippen LogP contribution in [-0.4, -0.2) is 15.0 Å². The molecule has 1 aromatic heterocycles. The Hall–Kier alpha value is -3.67. The summed E-state index contributed by atoms with van der Waals surface area (Å²) in [4.78, 5) is 12.9. The van der Waals surface area contributed by atoms with E-state index in [1.807, 2.05) is 62.4 Å². The molecule has 0 aliphatic rings. The Labute approximate surface area is 226 Å². The highest BCUT2D eigenvalue weighted by molar-refractivity contribution is 9.10. The average Bonchev–Trinajstić information content (AvgIpc) is 2.86. The predicted octanol–water partition coefficient (Wildman–Crippen LogP) is 8.24. The molecule has 0 N–H and O–H groups in total. The minimum atomic E-state index is -0.336. The van der Waals surface area contributed by atoms with Crippen LogP contribution in [0.25, 0.3) is 0 Å². The van der Waals surface area contributed by atoms with Crippen LogP contribution >= 0.6 is 31.9 Å². The lowest BCUT2D eigenvalue weighted by molar-refractivity contribution is 0.362. The van der Waals surface area contributed by atoms with Gasteiger partial charge in [-0.3, -0.25) is 0 Å². The summed E-state index contributed by atoms with van der Waals surface area (Å²) >= 11 is 6.82. The van der Waals surface area contributed by atoms with Crippen molar-refractivity contribution in [2.24, 2.45) is 0 Å². The van der Waals surface area contributed by atoms with E-state index in [0.29, 0.717) is 17.2 Å². The molecule has 8 heteroatoms. The summed E-state index contributed by atoms with van der Waals surface area (Å²) in [7, 11) is 0. The maximum Gasteiger partial charge on any atom is 0.331 e. The Morgan fingerprint density at radius 3 is 1.39 bits per heavy atom. The van der Waals surface area contributed by atoms with Crippen LogP contribution in [0, 0.1) is 11.8 Å². The van der Waals surface area contributed by atoms with Crippen molar-refractivity contribution in [3.05, 3.63) is 100.0 Å². The van der Waals surface area contributed by atoms with Gasteiger partial charge in [0.05, 0.1) is 5.41 Å². The second kappa shape index (κ2) is 11.4. The van der Waals surface area contributed by atoms with Gasteiger partial charge in [-0.15, -0.1) is 15.0 Å². The molecular weight excluding hydrogens is 586 g/mol. The first-order valence-electron chi connectivity index (χ1n) is 10.9. The number of hydrogen-bond acceptors (Lipinski definition) is 6. The molecule has 0 atom stereocenters. The van der Waals surface area contributed by atoms with Crippen molar-refractivity contribution in [3.63, 3.8) is 0 Å². The van der Waals surface area contributed by atoms with Gasteiger partial charge in [-0.05, 0) is 86.2 Å². The van der Waals surface area contributed by atoms with Gasteiger partial charge < -0.3 is 14.2 Å². The van der Waals surface area contributed by atoms with Crippen LogP contribution in [0.2, 0.25) is 0 Å². The molecule has 0 bridgehead atoms. The van der Waals surface area contributed by atoms with E-state index in [9.17, 15) is 0 Å². The summed E-state index contributed by atoms with van der Waals surface area (Å²) in [5, 5.41) is 0. The zero-order chi connectivity index (χ0) is 25.5. The van der Waals surface area contributed by atoms with Gasteiger partial charge in [0.15, 0.2) is 0 Å². The standard InChI is InChI=1S/C28H21Br2N3O3/c1-4-5-18-28(2,3)19-6-12-22(13-7-19)34-25-31-26(35-23-14-8-20(29)9-15-23)33-27(32-25)36-24-16-10-21(30)11-17-24/h4,6-17H,1H2,2-3H3. The van der Waals surface area contributed by atoms with Crippen LogP contribution in [0.3, 0.4) is 0 Å². The third-order valence-electron chi connectivity index (χ3n) is 4.89. The molecule has 0 saturated heterocycles. The van der Waals surface area contributed by atoms with Gasteiger partial charge >= 0.3 is 18.0 Å². The van der Waals surface area contributed by atoms with Crippen molar-refractivity contribution in [1.29, 1.82) is 0 Å². The quantitative estimate of drug-likeness (QED) is 0.197. The van der Waals surface area contributed by atoms with Crippen molar-refractivity contribution >= 4 is 31.9 Å². The van der Waals surface area contributed by atoms with E-state index in [0.717, 1.165) is 14.5 Å². The first kappa shape index (κ1) is 25.4. The molecular formula is C28H21Br2N3O3. The largest absolute Gasteiger partial charge is 0.424 e. The number of halogens is 2. The first-order chi connectivity index (χ1) is 17.3. The molecule has 6 nitrogen and oxygen atoms in total. The second-order valence-electron chi connectivity index (χ2n) is 8.02. The van der Waals surface area contributed by atoms with Gasteiger partial charge in [0.1, 0.15) is 17.2 Å². The SMILES string of the molecule is C=CC#CC(C)(C)c1ccc(Oc2nc(Oc3ccc(Br)cc3)nc(Oc3ccc(Br)cc3)n2)cc1. The Kier molecular flexibility index (Phi) is 8.04. The van der Waals surface area contributed by atoms with Crippen molar-refractivity contribution in [2.75, 3.05) is 0 Å². The summed E-state index contributed by atoms with van der Waals surface area (Å²) in [6, 6.07) is 22.3. The van der Waals surface area contributed by atoms with Crippen molar-refractivity contribution in [3.8, 4) is 47.1 Å². The van der Waals surface area contributed by atoms with E-state index in [-0.39, 0.29) is 23.4 Å². The van der Waals surface area contributed by atoms with Gasteiger partial charge in [-0.1, -0.05) is 62.4 Å². The molecule has 0 spiro atoms. The average molecular weight is 607 g/mol. The minimum absolute atomic E-state index is 0.0303. The lowest BCUT2D eigenvalue weighted by atomic mass is 9.85. The summed E-state index contributed by atoms with van der Waals surface area (Å²) < 4.78 is 19.5. The monoisotopic (exact) mass is 605 g/mol. The van der Waals surface area contributed by atoms with Crippen molar-refractivity contribution in [2.45, 2.75) is 19.3 Å². The molecule has 3 aromatic carbocycles. The van der Waals surface area contributed by atoms with Crippen LogP contribution < -0.4 is 14.2 Å². The fourth-order valence-electron chi connectivity index (χ4n) is 3.02. The number of ether oxygens (including phenoxy) is 3. The van der Waals surface area contributed by atoms with Gasteiger partial charge in [0.25, 0.3) is 0 Å². The Morgan fingerprint density at radius 2 is 1.03 bits per heavy atom. The maximum absolute atomic E-state index is 5.93. The van der Waals surface area contributed by atoms with E-state index in [1.165, 1.54) is 0 Å². The maximum atomic E-state index is 5.93. The lowest BCUT2D eigenvalue weighted by Crippen LogP contribution is -2.13. The van der Waals surface area contributed by atoms with Gasteiger partial charge in [-0.2, -0.15) is 0 Å². The third kappa shape index (κ3) is 6.94. The van der Waals surface area contributed by atoms with Crippen LogP contribution in [-0.2, 0) is 5.41 Å². The molecule has 0 saturated carbocycles. The summed E-state index contributed by atoms with van der Waals surface area (Å²) in [5.74, 6) is 7.75. The predicted molar refractivity (Wildman–Crippen MR) is 146 cm³/mol. The van der Waals surface area contributed by atoms with Gasteiger partial charge in [-0.25, -0.2) is 0 Å². The summed E-state index contributed by atoms with van der Waals surface area (Å²) in [5.41, 5.74) is 0.704. The topological polar surface area (TPSA) is 66.4 Å².